The minimum atomic E-state index is -0.609. The molecule has 0 radical (unpaired) electrons. The monoisotopic (exact) mass is 958 g/mol. The highest BCUT2D eigenvalue weighted by Gasteiger charge is 2.24. The van der Waals surface area contributed by atoms with Gasteiger partial charge in [-0.3, -0.25) is 0 Å². The quantitative estimate of drug-likeness (QED) is 0.101. The van der Waals surface area contributed by atoms with Gasteiger partial charge in [-0.05, 0) is 159 Å². The molecular formula is C70H59N2P. The summed E-state index contributed by atoms with van der Waals surface area (Å²) in [6.07, 6.45) is 3.08. The van der Waals surface area contributed by atoms with Crippen LogP contribution in [0.2, 0.25) is 0 Å². The van der Waals surface area contributed by atoms with Crippen molar-refractivity contribution in [3.05, 3.63) is 278 Å². The Labute approximate surface area is 433 Å². The molecule has 2 nitrogen and oxygen atoms in total. The Balaban J connectivity index is 0.947. The van der Waals surface area contributed by atoms with Gasteiger partial charge in [-0.1, -0.05) is 215 Å². The molecule has 0 unspecified atom stereocenters. The smallest absolute Gasteiger partial charge is 0.0462 e. The lowest BCUT2D eigenvalue weighted by atomic mass is 9.97. The Kier molecular flexibility index (Phi) is 13.8. The van der Waals surface area contributed by atoms with Gasteiger partial charge in [0.05, 0.1) is 0 Å². The van der Waals surface area contributed by atoms with E-state index >= 15 is 0 Å². The van der Waals surface area contributed by atoms with Crippen molar-refractivity contribution in [2.45, 2.75) is 39.8 Å². The maximum atomic E-state index is 2.39. The summed E-state index contributed by atoms with van der Waals surface area (Å²) in [5, 5.41) is 3.07. The second kappa shape index (κ2) is 21.5. The Morgan fingerprint density at radius 2 is 0.425 bits per heavy atom. The van der Waals surface area contributed by atoms with E-state index in [-0.39, 0.29) is 0 Å². The van der Waals surface area contributed by atoms with Gasteiger partial charge in [0, 0.05) is 44.7 Å². The summed E-state index contributed by atoms with van der Waals surface area (Å²) in [4.78, 5) is 4.78. The van der Waals surface area contributed by atoms with Gasteiger partial charge in [-0.25, -0.2) is 0 Å². The van der Waals surface area contributed by atoms with Crippen LogP contribution >= 0.6 is 7.53 Å². The molecule has 73 heavy (non-hydrogen) atoms. The van der Waals surface area contributed by atoms with E-state index in [1.807, 2.05) is 0 Å². The molecule has 0 aliphatic heterocycles. The summed E-state index contributed by atoms with van der Waals surface area (Å²) in [7, 11) is -0.609. The molecule has 1 aromatic heterocycles. The van der Waals surface area contributed by atoms with Gasteiger partial charge in [-0.2, -0.15) is 0 Å². The molecule has 0 saturated carbocycles. The van der Waals surface area contributed by atoms with Crippen LogP contribution in [0, 0.1) is 0 Å². The molecule has 0 saturated heterocycles. The van der Waals surface area contributed by atoms with Gasteiger partial charge in [0.2, 0.25) is 0 Å². The fraction of sp³-hybridized carbons (Fsp3) is 0.0857. The normalized spacial score (nSPS) is 11.1. The van der Waals surface area contributed by atoms with E-state index in [1.165, 1.54) is 77.4 Å². The Hall–Kier alpha value is -8.42. The summed E-state index contributed by atoms with van der Waals surface area (Å²) in [6.45, 7) is 7.08. The zero-order chi connectivity index (χ0) is 49.5. The number of nitrogens with zero attached hydrogens (tertiary/aromatic N) is 2. The molecule has 1 heterocycles. The lowest BCUT2D eigenvalue weighted by Crippen LogP contribution is -2.09. The largest absolute Gasteiger partial charge is 0.311 e. The van der Waals surface area contributed by atoms with Crippen molar-refractivity contribution < 1.29 is 0 Å². The van der Waals surface area contributed by atoms with E-state index in [0.717, 1.165) is 53.1 Å². The highest BCUT2D eigenvalue weighted by molar-refractivity contribution is 7.55. The Morgan fingerprint density at radius 1 is 0.233 bits per heavy atom. The van der Waals surface area contributed by atoms with Crippen LogP contribution in [-0.4, -0.2) is 0 Å². The van der Waals surface area contributed by atoms with Crippen LogP contribution in [0.3, 0.4) is 0 Å². The van der Waals surface area contributed by atoms with Gasteiger partial charge in [-0.15, -0.1) is 7.53 Å². The molecule has 3 heteroatoms. The number of anilines is 6. The molecule has 11 aromatic rings. The summed E-state index contributed by atoms with van der Waals surface area (Å²) in [5.74, 6) is 0. The van der Waals surface area contributed by atoms with Crippen molar-refractivity contribution in [3.63, 3.8) is 0 Å². The average molecular weight is 959 g/mol. The molecule has 354 valence electrons. The van der Waals surface area contributed by atoms with Crippen molar-refractivity contribution in [2.24, 2.45) is 0 Å². The summed E-state index contributed by atoms with van der Waals surface area (Å²) in [5.41, 5.74) is 22.1. The molecule has 0 aliphatic carbocycles. The minimum absolute atomic E-state index is 0.609. The Morgan fingerprint density at radius 3 is 0.616 bits per heavy atom. The molecular weight excluding hydrogens is 900 g/mol. The summed E-state index contributed by atoms with van der Waals surface area (Å²) >= 11 is 0. The lowest BCUT2D eigenvalue weighted by molar-refractivity contribution is 1.06. The highest BCUT2D eigenvalue weighted by atomic mass is 31.1. The fourth-order valence-corrected chi connectivity index (χ4v) is 13.6. The predicted octanol–water partition coefficient (Wildman–Crippen LogP) is 20.8. The van der Waals surface area contributed by atoms with Crippen molar-refractivity contribution in [1.29, 1.82) is 0 Å². The predicted molar refractivity (Wildman–Crippen MR) is 316 cm³/mol. The molecule has 0 bridgehead atoms. The molecule has 0 spiro atoms. The van der Waals surface area contributed by atoms with Gasteiger partial charge >= 0.3 is 0 Å². The highest BCUT2D eigenvalue weighted by Crippen LogP contribution is 2.57. The standard InChI is InChI=1S/C70H59N2P/c1-4-67-68(5-2)70(60-37-49-66(50-38-60)72(63-43-31-57(32-44-63)53-23-15-9-16-24-53)64-45-33-58(34-46-64)54-25-17-10-18-26-54)73(6-3)69(67)59-35-47-65(48-36-59)71(61-39-27-55(28-40-61)51-19-11-7-12-20-51)62-41-29-56(30-42-62)52-21-13-8-14-22-52/h7-50H,4-6H2,1-3H3. The van der Waals surface area contributed by atoms with Crippen LogP contribution in [0.25, 0.3) is 66.2 Å². The van der Waals surface area contributed by atoms with E-state index in [2.05, 4.69) is 297 Å². The molecule has 0 amide bonds. The topological polar surface area (TPSA) is 6.48 Å². The zero-order valence-corrected chi connectivity index (χ0v) is 42.8. The second-order valence-electron chi connectivity index (χ2n) is 18.5. The fourth-order valence-electron chi connectivity index (χ4n) is 10.6. The number of hydrogen-bond acceptors (Lipinski definition) is 2. The molecule has 0 fully saturated rings. The van der Waals surface area contributed by atoms with Crippen molar-refractivity contribution in [2.75, 3.05) is 9.80 Å². The molecule has 0 aliphatic rings. The van der Waals surface area contributed by atoms with Crippen molar-refractivity contribution >= 4 is 41.7 Å². The SMILES string of the molecule is CCc1c(CC)c(-c2ccc(N(c3ccc(-c4ccccc4)cc3)c3ccc(-c4ccccc4)cc3)cc2)p(CC)c1-c1ccc(N(c2ccc(-c3ccccc3)cc2)c2ccc(-c3ccccc3)cc2)cc1. The third-order valence-corrected chi connectivity index (χ3v) is 17.0. The number of hydrogen-bond donors (Lipinski definition) is 0. The zero-order valence-electron chi connectivity index (χ0n) is 41.9. The number of benzene rings is 10. The van der Waals surface area contributed by atoms with Crippen LogP contribution in [-0.2, 0) is 19.0 Å². The van der Waals surface area contributed by atoms with E-state index in [9.17, 15) is 0 Å². The minimum Gasteiger partial charge on any atom is -0.311 e. The molecule has 10 aromatic carbocycles. The first kappa shape index (κ1) is 46.9. The van der Waals surface area contributed by atoms with Gasteiger partial charge in [0.25, 0.3) is 0 Å². The third kappa shape index (κ3) is 9.71. The molecule has 11 rings (SSSR count). The third-order valence-electron chi connectivity index (χ3n) is 14.2. The average Bonchev–Trinajstić information content (AvgIpc) is 3.81. The van der Waals surface area contributed by atoms with Crippen LogP contribution in [0.15, 0.2) is 267 Å². The van der Waals surface area contributed by atoms with Gasteiger partial charge < -0.3 is 9.80 Å². The first-order chi connectivity index (χ1) is 36.1. The van der Waals surface area contributed by atoms with Crippen LogP contribution in [0.5, 0.6) is 0 Å². The van der Waals surface area contributed by atoms with E-state index in [0.29, 0.717) is 0 Å². The van der Waals surface area contributed by atoms with E-state index in [1.54, 1.807) is 0 Å². The Bertz CT molecular complexity index is 3130. The van der Waals surface area contributed by atoms with Crippen LogP contribution < -0.4 is 9.80 Å². The molecule has 0 atom stereocenters. The van der Waals surface area contributed by atoms with Crippen LogP contribution in [0.4, 0.5) is 34.1 Å². The summed E-state index contributed by atoms with van der Waals surface area (Å²) in [6, 6.07) is 97.4. The maximum Gasteiger partial charge on any atom is 0.0462 e. The van der Waals surface area contributed by atoms with Crippen molar-refractivity contribution in [3.8, 4) is 66.2 Å². The first-order valence-electron chi connectivity index (χ1n) is 25.8. The van der Waals surface area contributed by atoms with E-state index in [4.69, 9.17) is 0 Å². The molecule has 0 N–H and O–H groups in total. The van der Waals surface area contributed by atoms with E-state index < -0.39 is 7.53 Å². The number of rotatable bonds is 15. The first-order valence-corrected chi connectivity index (χ1v) is 27.3. The van der Waals surface area contributed by atoms with Crippen LogP contribution in [0.1, 0.15) is 31.9 Å². The van der Waals surface area contributed by atoms with Gasteiger partial charge in [0.1, 0.15) is 0 Å². The maximum absolute atomic E-state index is 2.39. The van der Waals surface area contributed by atoms with Gasteiger partial charge in [0.15, 0.2) is 0 Å². The van der Waals surface area contributed by atoms with Crippen molar-refractivity contribution in [1.82, 2.24) is 0 Å². The second-order valence-corrected chi connectivity index (χ2v) is 20.9. The summed E-state index contributed by atoms with van der Waals surface area (Å²) < 4.78 is 0. The lowest BCUT2D eigenvalue weighted by Gasteiger charge is -2.26.